The third-order valence-electron chi connectivity index (χ3n) is 3.30. The number of nitrogens with one attached hydrogen (secondary N) is 1. The van der Waals surface area contributed by atoms with Gasteiger partial charge in [-0.05, 0) is 31.4 Å². The highest BCUT2D eigenvalue weighted by atomic mass is 35.5. The molecule has 0 unspecified atom stereocenters. The van der Waals surface area contributed by atoms with E-state index in [0.717, 1.165) is 12.1 Å². The van der Waals surface area contributed by atoms with Crippen LogP contribution in [0.4, 0.5) is 5.69 Å². The van der Waals surface area contributed by atoms with Gasteiger partial charge < -0.3 is 15.8 Å². The Kier molecular flexibility index (Phi) is 8.33. The van der Waals surface area contributed by atoms with Gasteiger partial charge in [-0.25, -0.2) is 4.79 Å². The molecule has 0 aromatic heterocycles. The molecule has 0 bridgehead atoms. The van der Waals surface area contributed by atoms with Crippen LogP contribution in [0.1, 0.15) is 23.7 Å². The van der Waals surface area contributed by atoms with Crippen molar-refractivity contribution in [3.63, 3.8) is 0 Å². The van der Waals surface area contributed by atoms with E-state index in [4.69, 9.17) is 22.1 Å². The van der Waals surface area contributed by atoms with Crippen LogP contribution in [0.3, 0.4) is 0 Å². The predicted octanol–water partition coefficient (Wildman–Crippen LogP) is 1.52. The van der Waals surface area contributed by atoms with E-state index >= 15 is 0 Å². The summed E-state index contributed by atoms with van der Waals surface area (Å²) < 4.78 is 4.93. The lowest BCUT2D eigenvalue weighted by atomic mass is 10.1. The second-order valence-electron chi connectivity index (χ2n) is 5.21. The van der Waals surface area contributed by atoms with Gasteiger partial charge in [-0.15, -0.1) is 0 Å². The number of hydrogen-bond donors (Lipinski definition) is 2. The standard InChI is InChI=1S/C15H18ClN3O6S/c1-8(13(17)20)25-15(22)12(5-6-26-2)18-14(21)10-4-3-9(19(23)24)7-11(10)16/h3-4,7-8,12H,5-6H2,1-2H3,(H2,17,20)(H,18,21)/t8-,12+/m1/s1. The third kappa shape index (κ3) is 6.19. The minimum atomic E-state index is -1.14. The Labute approximate surface area is 158 Å². The van der Waals surface area contributed by atoms with Gasteiger partial charge >= 0.3 is 5.97 Å². The lowest BCUT2D eigenvalue weighted by Crippen LogP contribution is -2.44. The quantitative estimate of drug-likeness (QED) is 0.361. The lowest BCUT2D eigenvalue weighted by molar-refractivity contribution is -0.384. The van der Waals surface area contributed by atoms with Crippen LogP contribution in [0.2, 0.25) is 5.02 Å². The van der Waals surface area contributed by atoms with Gasteiger partial charge in [0.25, 0.3) is 17.5 Å². The molecule has 1 aromatic carbocycles. The first-order chi connectivity index (χ1) is 12.2. The molecule has 9 nitrogen and oxygen atoms in total. The summed E-state index contributed by atoms with van der Waals surface area (Å²) in [6, 6.07) is 2.34. The molecule has 2 atom stereocenters. The Hall–Kier alpha value is -2.33. The van der Waals surface area contributed by atoms with Crippen LogP contribution < -0.4 is 11.1 Å². The van der Waals surface area contributed by atoms with Gasteiger partial charge in [-0.1, -0.05) is 11.6 Å². The number of amides is 2. The van der Waals surface area contributed by atoms with Crippen molar-refractivity contribution >= 4 is 46.8 Å². The van der Waals surface area contributed by atoms with Crippen LogP contribution in [-0.2, 0) is 14.3 Å². The second-order valence-corrected chi connectivity index (χ2v) is 6.60. The molecule has 26 heavy (non-hydrogen) atoms. The van der Waals surface area contributed by atoms with Gasteiger partial charge in [0.15, 0.2) is 6.10 Å². The average Bonchev–Trinajstić information content (AvgIpc) is 2.57. The monoisotopic (exact) mass is 403 g/mol. The van der Waals surface area contributed by atoms with Crippen molar-refractivity contribution < 1.29 is 24.0 Å². The molecule has 0 fully saturated rings. The number of non-ortho nitro benzene ring substituents is 1. The van der Waals surface area contributed by atoms with Crippen molar-refractivity contribution in [3.05, 3.63) is 38.9 Å². The van der Waals surface area contributed by atoms with Crippen molar-refractivity contribution in [3.8, 4) is 0 Å². The zero-order valence-corrected chi connectivity index (χ0v) is 15.6. The molecule has 0 saturated carbocycles. The largest absolute Gasteiger partial charge is 0.451 e. The SMILES string of the molecule is CSCC[C@H](NC(=O)c1ccc([N+](=O)[O-])cc1Cl)C(=O)O[C@H](C)C(N)=O. The van der Waals surface area contributed by atoms with Gasteiger partial charge in [0.2, 0.25) is 0 Å². The Morgan fingerprint density at radius 3 is 2.58 bits per heavy atom. The minimum absolute atomic E-state index is 0.0258. The smallest absolute Gasteiger partial charge is 0.329 e. The number of ether oxygens (including phenoxy) is 1. The maximum absolute atomic E-state index is 12.4. The van der Waals surface area contributed by atoms with E-state index in [9.17, 15) is 24.5 Å². The summed E-state index contributed by atoms with van der Waals surface area (Å²) in [5, 5.41) is 13.1. The summed E-state index contributed by atoms with van der Waals surface area (Å²) in [6.45, 7) is 1.32. The molecule has 0 aliphatic rings. The first kappa shape index (κ1) is 21.7. The fraction of sp³-hybridized carbons (Fsp3) is 0.400. The van der Waals surface area contributed by atoms with E-state index in [2.05, 4.69) is 5.32 Å². The van der Waals surface area contributed by atoms with Crippen LogP contribution in [0.25, 0.3) is 0 Å². The molecule has 0 radical (unpaired) electrons. The number of nitrogens with zero attached hydrogens (tertiary/aromatic N) is 1. The average molecular weight is 404 g/mol. The topological polar surface area (TPSA) is 142 Å². The van der Waals surface area contributed by atoms with E-state index in [1.54, 1.807) is 0 Å². The van der Waals surface area contributed by atoms with Crippen LogP contribution in [0.15, 0.2) is 18.2 Å². The lowest BCUT2D eigenvalue weighted by Gasteiger charge is -2.19. The highest BCUT2D eigenvalue weighted by Crippen LogP contribution is 2.22. The Morgan fingerprint density at radius 1 is 1.42 bits per heavy atom. The normalized spacial score (nSPS) is 12.7. The predicted molar refractivity (Wildman–Crippen MR) is 97.1 cm³/mol. The van der Waals surface area contributed by atoms with E-state index in [-0.39, 0.29) is 22.7 Å². The minimum Gasteiger partial charge on any atom is -0.451 e. The molecule has 0 spiro atoms. The number of rotatable bonds is 9. The fourth-order valence-electron chi connectivity index (χ4n) is 1.84. The Balaban J connectivity index is 2.93. The number of primary amides is 1. The van der Waals surface area contributed by atoms with Crippen molar-refractivity contribution in [2.45, 2.75) is 25.5 Å². The zero-order chi connectivity index (χ0) is 19.9. The van der Waals surface area contributed by atoms with Gasteiger partial charge in [0.1, 0.15) is 6.04 Å². The molecule has 1 aromatic rings. The summed E-state index contributed by atoms with van der Waals surface area (Å²) in [4.78, 5) is 45.7. The summed E-state index contributed by atoms with van der Waals surface area (Å²) in [6.07, 6.45) is 0.935. The van der Waals surface area contributed by atoms with Gasteiger partial charge in [-0.2, -0.15) is 11.8 Å². The molecule has 11 heteroatoms. The zero-order valence-electron chi connectivity index (χ0n) is 14.1. The summed E-state index contributed by atoms with van der Waals surface area (Å²) in [5.41, 5.74) is 4.77. The molecule has 0 aliphatic carbocycles. The number of thioether (sulfide) groups is 1. The van der Waals surface area contributed by atoms with E-state index < -0.39 is 34.9 Å². The molecule has 0 aliphatic heterocycles. The van der Waals surface area contributed by atoms with Gasteiger partial charge in [0.05, 0.1) is 15.5 Å². The highest BCUT2D eigenvalue weighted by molar-refractivity contribution is 7.98. The highest BCUT2D eigenvalue weighted by Gasteiger charge is 2.26. The Bertz CT molecular complexity index is 715. The second kappa shape index (κ2) is 9.97. The first-order valence-electron chi connectivity index (χ1n) is 7.41. The maximum Gasteiger partial charge on any atom is 0.329 e. The summed E-state index contributed by atoms with van der Waals surface area (Å²) in [7, 11) is 0. The Morgan fingerprint density at radius 2 is 2.08 bits per heavy atom. The number of nitro groups is 1. The molecule has 2 amide bonds. The fourth-order valence-corrected chi connectivity index (χ4v) is 2.57. The number of esters is 1. The van der Waals surface area contributed by atoms with Crippen LogP contribution in [-0.4, -0.2) is 46.9 Å². The number of halogens is 1. The molecule has 0 saturated heterocycles. The van der Waals surface area contributed by atoms with Crippen LogP contribution in [0.5, 0.6) is 0 Å². The van der Waals surface area contributed by atoms with Crippen LogP contribution in [0, 0.1) is 10.1 Å². The number of nitro benzene ring substituents is 1. The van der Waals surface area contributed by atoms with Crippen LogP contribution >= 0.6 is 23.4 Å². The van der Waals surface area contributed by atoms with Crippen molar-refractivity contribution in [2.24, 2.45) is 5.73 Å². The molecule has 0 heterocycles. The van der Waals surface area contributed by atoms with E-state index in [0.29, 0.717) is 5.75 Å². The molecular weight excluding hydrogens is 386 g/mol. The molecule has 3 N–H and O–H groups in total. The number of nitrogens with two attached hydrogens (primary N) is 1. The number of carbonyl (C=O) groups is 3. The van der Waals surface area contributed by atoms with Crippen molar-refractivity contribution in [1.29, 1.82) is 0 Å². The number of hydrogen-bond acceptors (Lipinski definition) is 7. The molecule has 1 rings (SSSR count). The number of benzene rings is 1. The van der Waals surface area contributed by atoms with E-state index in [1.165, 1.54) is 24.8 Å². The van der Waals surface area contributed by atoms with Crippen molar-refractivity contribution in [1.82, 2.24) is 5.32 Å². The van der Waals surface area contributed by atoms with E-state index in [1.807, 2.05) is 6.26 Å². The first-order valence-corrected chi connectivity index (χ1v) is 9.18. The molecule has 142 valence electrons. The third-order valence-corrected chi connectivity index (χ3v) is 4.26. The number of carbonyl (C=O) groups excluding carboxylic acids is 3. The molecular formula is C15H18ClN3O6S. The summed E-state index contributed by atoms with van der Waals surface area (Å²) in [5.74, 6) is -1.78. The maximum atomic E-state index is 12.4. The van der Waals surface area contributed by atoms with Crippen molar-refractivity contribution in [2.75, 3.05) is 12.0 Å². The van der Waals surface area contributed by atoms with Gasteiger partial charge in [-0.3, -0.25) is 19.7 Å². The summed E-state index contributed by atoms with van der Waals surface area (Å²) >= 11 is 7.37. The van der Waals surface area contributed by atoms with Gasteiger partial charge in [0, 0.05) is 12.1 Å².